The van der Waals surface area contributed by atoms with Crippen LogP contribution in [0.2, 0.25) is 0 Å². The molecule has 2 aromatic rings. The van der Waals surface area contributed by atoms with Crippen molar-refractivity contribution >= 4 is 11.4 Å². The Labute approximate surface area is 216 Å². The first kappa shape index (κ1) is 26.8. The average molecular weight is 488 g/mol. The molecule has 0 amide bonds. The monoisotopic (exact) mass is 487 g/mol. The van der Waals surface area contributed by atoms with Crippen molar-refractivity contribution in [2.75, 3.05) is 17.2 Å². The number of nitrogens with one attached hydrogen (secondary N) is 4. The highest BCUT2D eigenvalue weighted by molar-refractivity contribution is 5.81. The van der Waals surface area contributed by atoms with Crippen LogP contribution in [0.3, 0.4) is 0 Å². The van der Waals surface area contributed by atoms with Crippen molar-refractivity contribution in [1.29, 1.82) is 0 Å². The molecule has 192 valence electrons. The van der Waals surface area contributed by atoms with E-state index in [-0.39, 0.29) is 6.04 Å². The summed E-state index contributed by atoms with van der Waals surface area (Å²) in [7, 11) is 0. The molecule has 0 aliphatic carbocycles. The van der Waals surface area contributed by atoms with E-state index in [1.54, 1.807) is 0 Å². The predicted molar refractivity (Wildman–Crippen MR) is 152 cm³/mol. The molecule has 1 fully saturated rings. The van der Waals surface area contributed by atoms with Crippen LogP contribution in [-0.2, 0) is 6.54 Å². The number of anilines is 2. The molecule has 0 aromatic heterocycles. The topological polar surface area (TPSA) is 103 Å². The first-order valence-corrected chi connectivity index (χ1v) is 12.5. The number of hydrogen-bond donors (Lipinski definition) is 6. The van der Waals surface area contributed by atoms with Crippen LogP contribution in [0.25, 0.3) is 0 Å². The molecule has 7 nitrogen and oxygen atoms in total. The molecule has 0 saturated carbocycles. The zero-order valence-corrected chi connectivity index (χ0v) is 21.6. The number of nitrogens with two attached hydrogens (primary N) is 2. The molecule has 4 rings (SSSR count). The summed E-state index contributed by atoms with van der Waals surface area (Å²) < 4.78 is 0. The second-order valence-electron chi connectivity index (χ2n) is 9.44. The minimum absolute atomic E-state index is 0.215. The van der Waals surface area contributed by atoms with E-state index in [1.165, 1.54) is 17.3 Å². The second kappa shape index (κ2) is 12.7. The number of nitrogens with zero attached hydrogens (tertiary/aromatic N) is 1. The normalized spacial score (nSPS) is 16.4. The van der Waals surface area contributed by atoms with E-state index in [2.05, 4.69) is 90.2 Å². The molecule has 0 spiro atoms. The van der Waals surface area contributed by atoms with E-state index in [1.807, 2.05) is 18.2 Å². The van der Waals surface area contributed by atoms with Crippen molar-refractivity contribution in [2.24, 2.45) is 11.6 Å². The second-order valence-corrected chi connectivity index (χ2v) is 9.44. The molecule has 0 radical (unpaired) electrons. The number of para-hydroxylation sites is 1. The zero-order valence-electron chi connectivity index (χ0n) is 21.6. The van der Waals surface area contributed by atoms with Crippen molar-refractivity contribution in [3.63, 3.8) is 0 Å². The van der Waals surface area contributed by atoms with Crippen molar-refractivity contribution in [3.05, 3.63) is 109 Å². The maximum absolute atomic E-state index is 5.58. The van der Waals surface area contributed by atoms with Gasteiger partial charge in [-0.3, -0.25) is 5.84 Å². The summed E-state index contributed by atoms with van der Waals surface area (Å²) in [6.07, 6.45) is 4.23. The highest BCUT2D eigenvalue weighted by atomic mass is 15.2. The number of fused-ring (bicyclic) bond motifs is 1. The summed E-state index contributed by atoms with van der Waals surface area (Å²) in [5.74, 6) is 6.94. The Morgan fingerprint density at radius 1 is 1.14 bits per heavy atom. The van der Waals surface area contributed by atoms with E-state index in [9.17, 15) is 0 Å². The molecule has 2 aromatic carbocycles. The van der Waals surface area contributed by atoms with Gasteiger partial charge in [-0.25, -0.2) is 0 Å². The molecule has 2 aliphatic heterocycles. The van der Waals surface area contributed by atoms with Crippen LogP contribution in [0.1, 0.15) is 50.2 Å². The Bertz CT molecular complexity index is 1090. The lowest BCUT2D eigenvalue weighted by atomic mass is 10.0. The van der Waals surface area contributed by atoms with E-state index < -0.39 is 0 Å². The van der Waals surface area contributed by atoms with Gasteiger partial charge >= 0.3 is 0 Å². The maximum atomic E-state index is 5.58. The SMILES string of the molecule is C=C1Nc2cccc(CNC(=C)C3CCCN3C(=C)C/C(=C/N)NN)c2N1.CC(C)c1ccccc1. The molecule has 2 heterocycles. The van der Waals surface area contributed by atoms with Gasteiger partial charge in [-0.2, -0.15) is 0 Å². The highest BCUT2D eigenvalue weighted by Crippen LogP contribution is 2.33. The summed E-state index contributed by atoms with van der Waals surface area (Å²) in [4.78, 5) is 2.28. The zero-order chi connectivity index (χ0) is 26.1. The number of benzene rings is 2. The minimum atomic E-state index is 0.215. The van der Waals surface area contributed by atoms with E-state index >= 15 is 0 Å². The lowest BCUT2D eigenvalue weighted by molar-refractivity contribution is 0.336. The third kappa shape index (κ3) is 6.86. The maximum Gasteiger partial charge on any atom is 0.100 e. The largest absolute Gasteiger partial charge is 0.403 e. The fourth-order valence-electron chi connectivity index (χ4n) is 4.50. The molecule has 1 saturated heterocycles. The van der Waals surface area contributed by atoms with Crippen molar-refractivity contribution in [1.82, 2.24) is 15.6 Å². The van der Waals surface area contributed by atoms with Crippen molar-refractivity contribution in [2.45, 2.75) is 51.6 Å². The van der Waals surface area contributed by atoms with Crippen molar-refractivity contribution in [3.8, 4) is 0 Å². The molecule has 2 aliphatic rings. The molecule has 1 unspecified atom stereocenters. The van der Waals surface area contributed by atoms with Gasteiger partial charge in [-0.1, -0.05) is 76.0 Å². The highest BCUT2D eigenvalue weighted by Gasteiger charge is 2.28. The Morgan fingerprint density at radius 2 is 1.89 bits per heavy atom. The summed E-state index contributed by atoms with van der Waals surface area (Å²) in [5, 5.41) is 10.0. The van der Waals surface area contributed by atoms with Gasteiger partial charge in [-0.15, -0.1) is 0 Å². The molecule has 0 bridgehead atoms. The molecule has 8 N–H and O–H groups in total. The van der Waals surface area contributed by atoms with Gasteiger partial charge in [0.05, 0.1) is 17.4 Å². The summed E-state index contributed by atoms with van der Waals surface area (Å²) in [5.41, 5.74) is 15.6. The third-order valence-electron chi connectivity index (χ3n) is 6.53. The molecule has 1 atom stereocenters. The van der Waals surface area contributed by atoms with Gasteiger partial charge in [0.15, 0.2) is 0 Å². The Hall–Kier alpha value is -3.84. The van der Waals surface area contributed by atoms with Gasteiger partial charge < -0.3 is 32.0 Å². The minimum Gasteiger partial charge on any atom is -0.403 e. The fourth-order valence-corrected chi connectivity index (χ4v) is 4.50. The van der Waals surface area contributed by atoms with Crippen LogP contribution in [0.5, 0.6) is 0 Å². The van der Waals surface area contributed by atoms with E-state index in [0.29, 0.717) is 18.9 Å². The first-order chi connectivity index (χ1) is 17.3. The summed E-state index contributed by atoms with van der Waals surface area (Å²) in [6.45, 7) is 18.5. The summed E-state index contributed by atoms with van der Waals surface area (Å²) in [6, 6.07) is 16.9. The standard InChI is InChI=1S/C20H29N7.C9H12/c1-13(10-17(11-21)26-22)27-9-5-8-19(27)14(2)23-12-16-6-4-7-18-20(16)25-15(3)24-18;1-8(2)9-6-4-3-5-7-9/h4,6-7,11,19,23-26H,1-3,5,8-10,12,21-22H2;3-8H,1-2H3/b17-11-;. The fraction of sp³-hybridized carbons (Fsp3) is 0.310. The van der Waals surface area contributed by atoms with Crippen LogP contribution < -0.4 is 33.0 Å². The van der Waals surface area contributed by atoms with Gasteiger partial charge in [-0.05, 0) is 36.0 Å². The Balaban J connectivity index is 0.000000338. The predicted octanol–water partition coefficient (Wildman–Crippen LogP) is 5.04. The first-order valence-electron chi connectivity index (χ1n) is 12.5. The van der Waals surface area contributed by atoms with Crippen LogP contribution in [0, 0.1) is 0 Å². The van der Waals surface area contributed by atoms with Gasteiger partial charge in [0.2, 0.25) is 0 Å². The molecular formula is C29H41N7. The smallest absolute Gasteiger partial charge is 0.100 e. The lowest BCUT2D eigenvalue weighted by Crippen LogP contribution is -2.35. The lowest BCUT2D eigenvalue weighted by Gasteiger charge is -2.31. The quantitative estimate of drug-likeness (QED) is 0.218. The number of rotatable bonds is 9. The summed E-state index contributed by atoms with van der Waals surface area (Å²) >= 11 is 0. The van der Waals surface area contributed by atoms with Crippen LogP contribution in [0.4, 0.5) is 11.4 Å². The Morgan fingerprint density at radius 3 is 2.53 bits per heavy atom. The van der Waals surface area contributed by atoms with Gasteiger partial charge in [0, 0.05) is 42.8 Å². The van der Waals surface area contributed by atoms with Gasteiger partial charge in [0.1, 0.15) is 5.82 Å². The molecule has 7 heteroatoms. The van der Waals surface area contributed by atoms with E-state index in [4.69, 9.17) is 11.6 Å². The van der Waals surface area contributed by atoms with Crippen molar-refractivity contribution < 1.29 is 0 Å². The number of hydrogen-bond acceptors (Lipinski definition) is 7. The van der Waals surface area contributed by atoms with Crippen LogP contribution >= 0.6 is 0 Å². The van der Waals surface area contributed by atoms with Crippen LogP contribution in [-0.4, -0.2) is 17.5 Å². The van der Waals surface area contributed by atoms with Gasteiger partial charge in [0.25, 0.3) is 0 Å². The molecular weight excluding hydrogens is 446 g/mol. The van der Waals surface area contributed by atoms with Crippen LogP contribution in [0.15, 0.2) is 97.4 Å². The Kier molecular flexibility index (Phi) is 9.47. The molecule has 36 heavy (non-hydrogen) atoms. The van der Waals surface area contributed by atoms with E-state index in [0.717, 1.165) is 53.7 Å². The number of likely N-dealkylation sites (tertiary alicyclic amines) is 1. The number of hydrazine groups is 1. The third-order valence-corrected chi connectivity index (χ3v) is 6.53. The average Bonchev–Trinajstić information content (AvgIpc) is 3.53.